The number of carbonyl (C=O) groups excluding carboxylic acids is 2. The zero-order chi connectivity index (χ0) is 17.0. The van der Waals surface area contributed by atoms with E-state index in [1.165, 1.54) is 4.90 Å². The van der Waals surface area contributed by atoms with Crippen molar-refractivity contribution in [3.05, 3.63) is 12.2 Å². The molecular weight excluding hydrogens is 296 g/mol. The largest absolute Gasteiger partial charge is 0.394 e. The number of nitrogens with two attached hydrogens (primary N) is 1. The molecule has 0 aliphatic carbocycles. The third-order valence-corrected chi connectivity index (χ3v) is 4.68. The first kappa shape index (κ1) is 17.4. The number of carbonyl (C=O) groups is 2. The Labute approximate surface area is 136 Å². The molecule has 3 N–H and O–H groups in total. The average molecular weight is 320 g/mol. The molecule has 2 unspecified atom stereocenters. The maximum Gasteiger partial charge on any atom is 0.244 e. The Balaban J connectivity index is 1.93. The van der Waals surface area contributed by atoms with Crippen LogP contribution in [0.5, 0.6) is 0 Å². The van der Waals surface area contributed by atoms with Crippen LogP contribution in [0.25, 0.3) is 0 Å². The van der Waals surface area contributed by atoms with Crippen molar-refractivity contribution in [2.24, 2.45) is 5.73 Å². The summed E-state index contributed by atoms with van der Waals surface area (Å²) in [6.45, 7) is 4.87. The fourth-order valence-corrected chi connectivity index (χ4v) is 3.28. The summed E-state index contributed by atoms with van der Waals surface area (Å²) < 4.78 is 0. The molecule has 0 aromatic heterocycles. The summed E-state index contributed by atoms with van der Waals surface area (Å²) in [7, 11) is 0. The zero-order valence-corrected chi connectivity index (χ0v) is 13.3. The van der Waals surface area contributed by atoms with Gasteiger partial charge in [0.2, 0.25) is 11.8 Å². The van der Waals surface area contributed by atoms with E-state index >= 15 is 0 Å². The molecule has 0 radical (unpaired) electrons. The van der Waals surface area contributed by atoms with Crippen LogP contribution in [0.15, 0.2) is 12.2 Å². The molecule has 126 valence electrons. The van der Waals surface area contributed by atoms with Crippen molar-refractivity contribution in [1.82, 2.24) is 9.80 Å². The number of amides is 2. The third kappa shape index (κ3) is 3.71. The van der Waals surface area contributed by atoms with Gasteiger partial charge >= 0.3 is 0 Å². The summed E-state index contributed by atoms with van der Waals surface area (Å²) in [6.07, 6.45) is 3.10. The number of rotatable bonds is 5. The van der Waals surface area contributed by atoms with E-state index in [-0.39, 0.29) is 30.9 Å². The third-order valence-electron chi connectivity index (χ3n) is 4.68. The second-order valence-electron chi connectivity index (χ2n) is 6.20. The van der Waals surface area contributed by atoms with Crippen LogP contribution in [-0.4, -0.2) is 64.5 Å². The number of likely N-dealkylation sites (tertiary alicyclic amines) is 2. The van der Waals surface area contributed by atoms with Crippen LogP contribution < -0.4 is 5.73 Å². The number of hydrogen-bond acceptors (Lipinski definition) is 5. The molecule has 0 spiro atoms. The maximum atomic E-state index is 12.4. The second kappa shape index (κ2) is 7.57. The van der Waals surface area contributed by atoms with Crippen LogP contribution in [0.3, 0.4) is 0 Å². The predicted molar refractivity (Wildman–Crippen MR) is 83.9 cm³/mol. The standard InChI is InChI=1S/C16H24N4O3/c1-11(8-14(22)19-6-3-5-13(19)10-21)15(18)16(23)20-7-2-4-12(20)9-17/h12-13,15,21H,1-8,10,18H2/t12-,13?,15?/m0/s1. The van der Waals surface area contributed by atoms with Gasteiger partial charge in [-0.3, -0.25) is 9.59 Å². The van der Waals surface area contributed by atoms with Crippen molar-refractivity contribution < 1.29 is 14.7 Å². The molecule has 0 aromatic carbocycles. The molecule has 2 rings (SSSR count). The quantitative estimate of drug-likeness (QED) is 0.679. The highest BCUT2D eigenvalue weighted by Crippen LogP contribution is 2.22. The molecule has 7 nitrogen and oxygen atoms in total. The van der Waals surface area contributed by atoms with E-state index < -0.39 is 12.1 Å². The lowest BCUT2D eigenvalue weighted by Crippen LogP contribution is -2.47. The zero-order valence-electron chi connectivity index (χ0n) is 13.3. The molecule has 23 heavy (non-hydrogen) atoms. The minimum atomic E-state index is -0.969. The first-order valence-corrected chi connectivity index (χ1v) is 8.03. The summed E-state index contributed by atoms with van der Waals surface area (Å²) >= 11 is 0. The minimum Gasteiger partial charge on any atom is -0.394 e. The molecule has 2 amide bonds. The topological polar surface area (TPSA) is 111 Å². The first-order valence-electron chi connectivity index (χ1n) is 8.03. The molecule has 2 heterocycles. The molecule has 2 aliphatic heterocycles. The minimum absolute atomic E-state index is 0.00549. The van der Waals surface area contributed by atoms with Crippen LogP contribution in [0.1, 0.15) is 32.1 Å². The maximum absolute atomic E-state index is 12.4. The molecular formula is C16H24N4O3. The van der Waals surface area contributed by atoms with Crippen molar-refractivity contribution in [3.63, 3.8) is 0 Å². The first-order chi connectivity index (χ1) is 11.0. The Morgan fingerprint density at radius 3 is 2.61 bits per heavy atom. The molecule has 0 saturated carbocycles. The van der Waals surface area contributed by atoms with Crippen molar-refractivity contribution >= 4 is 11.8 Å². The molecule has 3 atom stereocenters. The molecule has 7 heteroatoms. The molecule has 0 bridgehead atoms. The van der Waals surface area contributed by atoms with Crippen molar-refractivity contribution in [2.75, 3.05) is 19.7 Å². The second-order valence-corrected chi connectivity index (χ2v) is 6.20. The van der Waals surface area contributed by atoms with Crippen molar-refractivity contribution in [2.45, 2.75) is 50.2 Å². The number of nitrogens with zero attached hydrogens (tertiary/aromatic N) is 3. The van der Waals surface area contributed by atoms with Gasteiger partial charge in [-0.25, -0.2) is 0 Å². The van der Waals surface area contributed by atoms with Gasteiger partial charge in [0.15, 0.2) is 0 Å². The highest BCUT2D eigenvalue weighted by molar-refractivity contribution is 5.88. The van der Waals surface area contributed by atoms with Crippen molar-refractivity contribution in [1.29, 1.82) is 5.26 Å². The molecule has 2 aliphatic rings. The van der Waals surface area contributed by atoms with Gasteiger partial charge in [-0.15, -0.1) is 0 Å². The lowest BCUT2D eigenvalue weighted by atomic mass is 10.0. The SMILES string of the molecule is C=C(CC(=O)N1CCCC1CO)C(N)C(=O)N1CCC[C@H]1C#N. The fraction of sp³-hybridized carbons (Fsp3) is 0.688. The van der Waals surface area contributed by atoms with Crippen LogP contribution in [0.2, 0.25) is 0 Å². The van der Waals surface area contributed by atoms with Gasteiger partial charge in [-0.2, -0.15) is 5.26 Å². The van der Waals surface area contributed by atoms with E-state index in [2.05, 4.69) is 12.6 Å². The smallest absolute Gasteiger partial charge is 0.244 e. The van der Waals surface area contributed by atoms with E-state index in [1.807, 2.05) is 0 Å². The van der Waals surface area contributed by atoms with Gasteiger partial charge in [-0.05, 0) is 31.3 Å². The highest BCUT2D eigenvalue weighted by atomic mass is 16.3. The van der Waals surface area contributed by atoms with E-state index in [1.54, 1.807) is 4.90 Å². The van der Waals surface area contributed by atoms with Gasteiger partial charge < -0.3 is 20.6 Å². The van der Waals surface area contributed by atoms with Gasteiger partial charge in [0, 0.05) is 19.5 Å². The summed E-state index contributed by atoms with van der Waals surface area (Å²) in [6, 6.07) is 0.550. The Hall–Kier alpha value is -1.91. The molecule has 2 saturated heterocycles. The Morgan fingerprint density at radius 1 is 1.30 bits per heavy atom. The van der Waals surface area contributed by atoms with Gasteiger partial charge in [0.1, 0.15) is 12.1 Å². The van der Waals surface area contributed by atoms with Gasteiger partial charge in [-0.1, -0.05) is 6.58 Å². The summed E-state index contributed by atoms with van der Waals surface area (Å²) in [5, 5.41) is 18.3. The Bertz CT molecular complexity index is 528. The Kier molecular flexibility index (Phi) is 5.74. The predicted octanol–water partition coefficient (Wildman–Crippen LogP) is -0.242. The average Bonchev–Trinajstić information content (AvgIpc) is 3.21. The van der Waals surface area contributed by atoms with Gasteiger partial charge in [0.25, 0.3) is 0 Å². The summed E-state index contributed by atoms with van der Waals surface area (Å²) in [5.41, 5.74) is 6.31. The lowest BCUT2D eigenvalue weighted by Gasteiger charge is -2.26. The summed E-state index contributed by atoms with van der Waals surface area (Å²) in [4.78, 5) is 27.8. The monoisotopic (exact) mass is 320 g/mol. The fourth-order valence-electron chi connectivity index (χ4n) is 3.28. The van der Waals surface area contributed by atoms with E-state index in [0.29, 0.717) is 25.1 Å². The highest BCUT2D eigenvalue weighted by Gasteiger charge is 2.34. The van der Waals surface area contributed by atoms with E-state index in [9.17, 15) is 14.7 Å². The van der Waals surface area contributed by atoms with Crippen LogP contribution in [-0.2, 0) is 9.59 Å². The summed E-state index contributed by atoms with van der Waals surface area (Å²) in [5.74, 6) is -0.500. The van der Waals surface area contributed by atoms with E-state index in [4.69, 9.17) is 11.0 Å². The number of aliphatic hydroxyl groups is 1. The van der Waals surface area contributed by atoms with E-state index in [0.717, 1.165) is 19.3 Å². The van der Waals surface area contributed by atoms with Crippen LogP contribution in [0, 0.1) is 11.3 Å². The molecule has 2 fully saturated rings. The normalized spacial score (nSPS) is 25.3. The van der Waals surface area contributed by atoms with Crippen LogP contribution in [0.4, 0.5) is 0 Å². The lowest BCUT2D eigenvalue weighted by molar-refractivity contribution is -0.132. The van der Waals surface area contributed by atoms with Crippen molar-refractivity contribution in [3.8, 4) is 6.07 Å². The molecule has 0 aromatic rings. The number of nitriles is 1. The van der Waals surface area contributed by atoms with Gasteiger partial charge in [0.05, 0.1) is 18.7 Å². The number of aliphatic hydroxyl groups excluding tert-OH is 1. The number of hydrogen-bond donors (Lipinski definition) is 2. The Morgan fingerprint density at radius 2 is 1.96 bits per heavy atom. The van der Waals surface area contributed by atoms with Crippen LogP contribution >= 0.6 is 0 Å².